The fraction of sp³-hybridized carbons (Fsp3) is 0.500. The summed E-state index contributed by atoms with van der Waals surface area (Å²) in [5, 5.41) is 9.46. The predicted molar refractivity (Wildman–Crippen MR) is 54.3 cm³/mol. The van der Waals surface area contributed by atoms with Gasteiger partial charge in [-0.1, -0.05) is 0 Å². The number of aromatic nitrogens is 2. The number of rotatable bonds is 3. The highest BCUT2D eigenvalue weighted by molar-refractivity contribution is 5.94. The van der Waals surface area contributed by atoms with Gasteiger partial charge in [0.25, 0.3) is 11.8 Å². The van der Waals surface area contributed by atoms with Crippen LogP contribution in [0.4, 0.5) is 8.78 Å². The number of nitrogens with zero attached hydrogens (tertiary/aromatic N) is 2. The summed E-state index contributed by atoms with van der Waals surface area (Å²) in [5.41, 5.74) is 0.784. The lowest BCUT2D eigenvalue weighted by molar-refractivity contribution is -0.0108. The minimum absolute atomic E-state index is 0.226. The Bertz CT molecular complexity index is 390. The highest BCUT2D eigenvalue weighted by atomic mass is 19.3. The molecular formula is C10H13F2N3O. The Labute approximate surface area is 92.1 Å². The van der Waals surface area contributed by atoms with E-state index in [1.54, 1.807) is 6.92 Å². The quantitative estimate of drug-likeness (QED) is 0.855. The number of amides is 1. The zero-order chi connectivity index (χ0) is 12.3. The Morgan fingerprint density at radius 2 is 2.19 bits per heavy atom. The molecule has 0 bridgehead atoms. The van der Waals surface area contributed by atoms with Gasteiger partial charge in [-0.05, 0) is 19.9 Å². The fourth-order valence-electron chi connectivity index (χ4n) is 1.00. The maximum absolute atomic E-state index is 12.8. The molecule has 0 aliphatic carbocycles. The van der Waals surface area contributed by atoms with Gasteiger partial charge in [0.1, 0.15) is 0 Å². The number of aryl methyl sites for hydroxylation is 1. The number of hydrogen-bond acceptors (Lipinski definition) is 3. The first-order valence-corrected chi connectivity index (χ1v) is 4.78. The highest BCUT2D eigenvalue weighted by Gasteiger charge is 2.31. The van der Waals surface area contributed by atoms with Crippen molar-refractivity contribution in [3.8, 4) is 0 Å². The minimum Gasteiger partial charge on any atom is -0.343 e. The van der Waals surface area contributed by atoms with Gasteiger partial charge in [0.2, 0.25) is 0 Å². The van der Waals surface area contributed by atoms with E-state index in [1.807, 2.05) is 0 Å². The van der Waals surface area contributed by atoms with E-state index in [9.17, 15) is 13.6 Å². The van der Waals surface area contributed by atoms with Crippen LogP contribution >= 0.6 is 0 Å². The molecule has 0 aromatic carbocycles. The molecule has 0 aliphatic heterocycles. The third kappa shape index (κ3) is 3.22. The van der Waals surface area contributed by atoms with Crippen molar-refractivity contribution in [1.29, 1.82) is 0 Å². The lowest BCUT2D eigenvalue weighted by Gasteiger charge is -2.20. The molecule has 1 N–H and O–H groups in total. The molecule has 0 saturated carbocycles. The number of halogens is 2. The average molecular weight is 229 g/mol. The number of hydrogen-bond donors (Lipinski definition) is 1. The van der Waals surface area contributed by atoms with Crippen LogP contribution in [-0.4, -0.2) is 28.1 Å². The predicted octanol–water partition coefficient (Wildman–Crippen LogP) is 1.56. The summed E-state index contributed by atoms with van der Waals surface area (Å²) in [4.78, 5) is 11.5. The van der Waals surface area contributed by atoms with Crippen LogP contribution in [0.5, 0.6) is 0 Å². The van der Waals surface area contributed by atoms with Gasteiger partial charge in [-0.25, -0.2) is 8.78 Å². The van der Waals surface area contributed by atoms with E-state index >= 15 is 0 Å². The molecule has 1 aromatic heterocycles. The van der Waals surface area contributed by atoms with Gasteiger partial charge < -0.3 is 5.32 Å². The Kier molecular flexibility index (Phi) is 3.51. The number of alkyl halides is 2. The lowest BCUT2D eigenvalue weighted by atomic mass is 10.2. The summed E-state index contributed by atoms with van der Waals surface area (Å²) in [6.45, 7) is 3.68. The zero-order valence-corrected chi connectivity index (χ0v) is 9.29. The summed E-state index contributed by atoms with van der Waals surface area (Å²) in [5.74, 6) is -3.53. The minimum atomic E-state index is -2.95. The Balaban J connectivity index is 2.74. The van der Waals surface area contributed by atoms with Crippen LogP contribution in [0.3, 0.4) is 0 Å². The fourth-order valence-corrected chi connectivity index (χ4v) is 1.00. The van der Waals surface area contributed by atoms with Crippen molar-refractivity contribution in [1.82, 2.24) is 15.5 Å². The van der Waals surface area contributed by atoms with Crippen LogP contribution in [0.15, 0.2) is 12.3 Å². The smallest absolute Gasteiger partial charge is 0.264 e. The second-order valence-electron chi connectivity index (χ2n) is 3.74. The van der Waals surface area contributed by atoms with Crippen LogP contribution in [0.2, 0.25) is 0 Å². The number of carbonyl (C=O) groups excluding carboxylic acids is 1. The zero-order valence-electron chi connectivity index (χ0n) is 9.29. The van der Waals surface area contributed by atoms with Crippen molar-refractivity contribution in [3.63, 3.8) is 0 Å². The van der Waals surface area contributed by atoms with Crippen molar-refractivity contribution in [2.24, 2.45) is 0 Å². The monoisotopic (exact) mass is 229 g/mol. The second-order valence-corrected chi connectivity index (χ2v) is 3.74. The molecule has 1 amide bonds. The molecule has 1 heterocycles. The SMILES string of the molecule is Cc1cc(C(=O)N[C@@H](C)C(C)(F)F)cnn1. The van der Waals surface area contributed by atoms with Crippen LogP contribution in [0, 0.1) is 6.92 Å². The van der Waals surface area contributed by atoms with E-state index in [0.29, 0.717) is 5.69 Å². The van der Waals surface area contributed by atoms with Gasteiger partial charge in [0, 0.05) is 6.92 Å². The molecule has 0 aliphatic rings. The summed E-state index contributed by atoms with van der Waals surface area (Å²) < 4.78 is 25.7. The van der Waals surface area contributed by atoms with Crippen LogP contribution in [-0.2, 0) is 0 Å². The van der Waals surface area contributed by atoms with Crippen molar-refractivity contribution < 1.29 is 13.6 Å². The molecule has 4 nitrogen and oxygen atoms in total. The molecule has 6 heteroatoms. The van der Waals surface area contributed by atoms with Gasteiger partial charge in [-0.15, -0.1) is 0 Å². The summed E-state index contributed by atoms with van der Waals surface area (Å²) >= 11 is 0. The van der Waals surface area contributed by atoms with Gasteiger partial charge in [-0.2, -0.15) is 10.2 Å². The van der Waals surface area contributed by atoms with Crippen molar-refractivity contribution in [2.45, 2.75) is 32.7 Å². The van der Waals surface area contributed by atoms with E-state index in [0.717, 1.165) is 6.92 Å². The molecule has 16 heavy (non-hydrogen) atoms. The van der Waals surface area contributed by atoms with E-state index < -0.39 is 17.9 Å². The van der Waals surface area contributed by atoms with Crippen molar-refractivity contribution in [3.05, 3.63) is 23.5 Å². The van der Waals surface area contributed by atoms with Crippen LogP contribution in [0.25, 0.3) is 0 Å². The van der Waals surface area contributed by atoms with Gasteiger partial charge in [-0.3, -0.25) is 4.79 Å². The molecule has 88 valence electrons. The van der Waals surface area contributed by atoms with E-state index in [4.69, 9.17) is 0 Å². The molecule has 0 saturated heterocycles. The number of nitrogens with one attached hydrogen (secondary N) is 1. The molecule has 1 aromatic rings. The molecule has 1 atom stereocenters. The summed E-state index contributed by atoms with van der Waals surface area (Å²) in [7, 11) is 0. The largest absolute Gasteiger partial charge is 0.343 e. The topological polar surface area (TPSA) is 54.9 Å². The first kappa shape index (κ1) is 12.5. The van der Waals surface area contributed by atoms with Gasteiger partial charge in [0.05, 0.1) is 23.5 Å². The highest BCUT2D eigenvalue weighted by Crippen LogP contribution is 2.17. The molecule has 1 rings (SSSR count). The third-order valence-corrected chi connectivity index (χ3v) is 2.15. The Morgan fingerprint density at radius 1 is 1.56 bits per heavy atom. The first-order valence-electron chi connectivity index (χ1n) is 4.78. The Hall–Kier alpha value is -1.59. The van der Waals surface area contributed by atoms with Crippen molar-refractivity contribution in [2.75, 3.05) is 0 Å². The lowest BCUT2D eigenvalue weighted by Crippen LogP contribution is -2.43. The van der Waals surface area contributed by atoms with Crippen molar-refractivity contribution >= 4 is 5.91 Å². The molecule has 0 spiro atoms. The normalized spacial score (nSPS) is 13.3. The maximum Gasteiger partial charge on any atom is 0.264 e. The van der Waals surface area contributed by atoms with Gasteiger partial charge >= 0.3 is 0 Å². The molecule has 0 fully saturated rings. The van der Waals surface area contributed by atoms with E-state index in [1.165, 1.54) is 19.2 Å². The first-order chi connectivity index (χ1) is 7.30. The maximum atomic E-state index is 12.8. The summed E-state index contributed by atoms with van der Waals surface area (Å²) in [6.07, 6.45) is 1.24. The van der Waals surface area contributed by atoms with E-state index in [-0.39, 0.29) is 5.56 Å². The molecule has 0 unspecified atom stereocenters. The molecule has 0 radical (unpaired) electrons. The molecular weight excluding hydrogens is 216 g/mol. The number of carbonyl (C=O) groups is 1. The van der Waals surface area contributed by atoms with E-state index in [2.05, 4.69) is 15.5 Å². The second kappa shape index (κ2) is 4.51. The summed E-state index contributed by atoms with van der Waals surface area (Å²) in [6, 6.07) is 0.261. The standard InChI is InChI=1S/C10H13F2N3O/c1-6-4-8(5-13-15-6)9(16)14-7(2)10(3,11)12/h4-5,7H,1-3H3,(H,14,16)/t7-/m0/s1. The average Bonchev–Trinajstić information content (AvgIpc) is 2.16. The third-order valence-electron chi connectivity index (χ3n) is 2.15. The van der Waals surface area contributed by atoms with Gasteiger partial charge in [0.15, 0.2) is 0 Å². The van der Waals surface area contributed by atoms with Crippen LogP contribution < -0.4 is 5.32 Å². The van der Waals surface area contributed by atoms with Crippen LogP contribution in [0.1, 0.15) is 29.9 Å². The Morgan fingerprint density at radius 3 is 2.69 bits per heavy atom.